The summed E-state index contributed by atoms with van der Waals surface area (Å²) in [5.74, 6) is 2.38. The molecule has 1 heterocycles. The monoisotopic (exact) mass is 517 g/mol. The minimum absolute atomic E-state index is 0.0206. The zero-order valence-electron chi connectivity index (χ0n) is 21.2. The number of halogens is 1. The van der Waals surface area contributed by atoms with E-state index in [1.807, 2.05) is 67.6 Å². The lowest BCUT2D eigenvalue weighted by Crippen LogP contribution is -2.28. The summed E-state index contributed by atoms with van der Waals surface area (Å²) in [6.07, 6.45) is 5.79. The van der Waals surface area contributed by atoms with E-state index in [0.717, 1.165) is 52.4 Å². The maximum Gasteiger partial charge on any atom is 0.224 e. The fourth-order valence-corrected chi connectivity index (χ4v) is 4.36. The maximum atomic E-state index is 12.4. The molecule has 0 atom stereocenters. The number of nitrogens with one attached hydrogen (secondary N) is 1. The molecule has 0 aliphatic carbocycles. The van der Waals surface area contributed by atoms with Gasteiger partial charge in [0.1, 0.15) is 5.82 Å². The molecule has 0 unspecified atom stereocenters. The molecule has 37 heavy (non-hydrogen) atoms. The van der Waals surface area contributed by atoms with Gasteiger partial charge in [-0.3, -0.25) is 4.79 Å². The van der Waals surface area contributed by atoms with Crippen LogP contribution in [0.3, 0.4) is 0 Å². The van der Waals surface area contributed by atoms with Crippen LogP contribution in [0.1, 0.15) is 30.3 Å². The number of hydrogen-bond acceptors (Lipinski definition) is 4. The molecule has 1 amide bonds. The normalized spacial score (nSPS) is 11.2. The topological polar surface area (TPSA) is 65.4 Å². The lowest BCUT2D eigenvalue weighted by atomic mass is 10.1. The molecule has 0 radical (unpaired) electrons. The van der Waals surface area contributed by atoms with Gasteiger partial charge in [0.15, 0.2) is 11.5 Å². The number of ether oxygens (including phenoxy) is 2. The first-order valence-corrected chi connectivity index (χ1v) is 12.8. The number of imidazole rings is 1. The van der Waals surface area contributed by atoms with E-state index in [-0.39, 0.29) is 5.91 Å². The van der Waals surface area contributed by atoms with Gasteiger partial charge in [-0.15, -0.1) is 0 Å². The predicted octanol–water partition coefficient (Wildman–Crippen LogP) is 6.10. The van der Waals surface area contributed by atoms with Gasteiger partial charge in [0, 0.05) is 24.5 Å². The Kier molecular flexibility index (Phi) is 9.22. The van der Waals surface area contributed by atoms with Crippen LogP contribution in [-0.2, 0) is 24.2 Å². The van der Waals surface area contributed by atoms with Crippen LogP contribution in [0, 0.1) is 0 Å². The molecule has 1 aromatic heterocycles. The summed E-state index contributed by atoms with van der Waals surface area (Å²) < 4.78 is 13.8. The highest BCUT2D eigenvalue weighted by Crippen LogP contribution is 2.29. The van der Waals surface area contributed by atoms with Gasteiger partial charge < -0.3 is 19.4 Å². The van der Waals surface area contributed by atoms with E-state index >= 15 is 0 Å². The number of rotatable bonds is 12. The highest BCUT2D eigenvalue weighted by Gasteiger charge is 2.12. The van der Waals surface area contributed by atoms with Gasteiger partial charge in [-0.25, -0.2) is 4.98 Å². The third kappa shape index (κ3) is 7.14. The van der Waals surface area contributed by atoms with Crippen molar-refractivity contribution in [3.63, 3.8) is 0 Å². The Labute approximate surface area is 222 Å². The highest BCUT2D eigenvalue weighted by molar-refractivity contribution is 6.30. The van der Waals surface area contributed by atoms with Crippen molar-refractivity contribution in [1.82, 2.24) is 14.9 Å². The molecule has 1 N–H and O–H groups in total. The number of hydrogen-bond donors (Lipinski definition) is 1. The number of aromatic nitrogens is 2. The average Bonchev–Trinajstić information content (AvgIpc) is 3.26. The third-order valence-electron chi connectivity index (χ3n) is 6.01. The minimum Gasteiger partial charge on any atom is -0.493 e. The Morgan fingerprint density at radius 2 is 1.89 bits per heavy atom. The molecule has 0 spiro atoms. The van der Waals surface area contributed by atoms with E-state index in [1.165, 1.54) is 0 Å². The summed E-state index contributed by atoms with van der Waals surface area (Å²) >= 11 is 5.93. The lowest BCUT2D eigenvalue weighted by molar-refractivity contribution is -0.120. The smallest absolute Gasteiger partial charge is 0.224 e. The van der Waals surface area contributed by atoms with E-state index in [9.17, 15) is 4.79 Å². The summed E-state index contributed by atoms with van der Waals surface area (Å²) in [7, 11) is 1.65. The van der Waals surface area contributed by atoms with Crippen molar-refractivity contribution in [2.24, 2.45) is 0 Å². The van der Waals surface area contributed by atoms with Crippen LogP contribution in [0.2, 0.25) is 5.02 Å². The van der Waals surface area contributed by atoms with Crippen molar-refractivity contribution in [2.75, 3.05) is 20.3 Å². The van der Waals surface area contributed by atoms with Gasteiger partial charge in [-0.05, 0) is 60.9 Å². The van der Waals surface area contributed by atoms with Crippen molar-refractivity contribution >= 4 is 34.6 Å². The van der Waals surface area contributed by atoms with Crippen LogP contribution in [0.25, 0.3) is 17.1 Å². The van der Waals surface area contributed by atoms with Crippen molar-refractivity contribution in [3.05, 3.63) is 94.8 Å². The van der Waals surface area contributed by atoms with Crippen LogP contribution in [0.15, 0.2) is 72.8 Å². The molecule has 4 rings (SSSR count). The zero-order valence-corrected chi connectivity index (χ0v) is 22.0. The predicted molar refractivity (Wildman–Crippen MR) is 149 cm³/mol. The Morgan fingerprint density at radius 1 is 1.08 bits per heavy atom. The van der Waals surface area contributed by atoms with Crippen molar-refractivity contribution < 1.29 is 14.3 Å². The molecule has 0 saturated heterocycles. The Balaban J connectivity index is 1.34. The number of methoxy groups -OCH3 is 1. The van der Waals surface area contributed by atoms with E-state index in [0.29, 0.717) is 31.0 Å². The quantitative estimate of drug-likeness (QED) is 0.230. The summed E-state index contributed by atoms with van der Waals surface area (Å²) in [6.45, 7) is 3.80. The van der Waals surface area contributed by atoms with Gasteiger partial charge in [-0.1, -0.05) is 54.1 Å². The van der Waals surface area contributed by atoms with Crippen LogP contribution in [0.4, 0.5) is 0 Å². The van der Waals surface area contributed by atoms with Gasteiger partial charge in [0.05, 0.1) is 31.2 Å². The molecule has 7 heteroatoms. The van der Waals surface area contributed by atoms with Crippen LogP contribution >= 0.6 is 11.6 Å². The summed E-state index contributed by atoms with van der Waals surface area (Å²) in [5.41, 5.74) is 4.04. The molecule has 0 aliphatic rings. The van der Waals surface area contributed by atoms with Gasteiger partial charge in [-0.2, -0.15) is 0 Å². The summed E-state index contributed by atoms with van der Waals surface area (Å²) in [5, 5.41) is 3.67. The fourth-order valence-electron chi connectivity index (χ4n) is 4.23. The zero-order chi connectivity index (χ0) is 26.0. The summed E-state index contributed by atoms with van der Waals surface area (Å²) in [4.78, 5) is 17.2. The highest BCUT2D eigenvalue weighted by atomic mass is 35.5. The van der Waals surface area contributed by atoms with Crippen molar-refractivity contribution in [2.45, 2.75) is 32.7 Å². The minimum atomic E-state index is -0.0206. The first-order valence-electron chi connectivity index (χ1n) is 12.5. The molecule has 192 valence electrons. The van der Waals surface area contributed by atoms with Gasteiger partial charge >= 0.3 is 0 Å². The van der Waals surface area contributed by atoms with Crippen molar-refractivity contribution in [1.29, 1.82) is 0 Å². The number of allylic oxidation sites excluding steroid dienone is 1. The Hall–Kier alpha value is -3.77. The van der Waals surface area contributed by atoms with E-state index in [2.05, 4.69) is 16.0 Å². The Bertz CT molecular complexity index is 1360. The fraction of sp³-hybridized carbons (Fsp3) is 0.267. The van der Waals surface area contributed by atoms with E-state index in [4.69, 9.17) is 26.1 Å². The van der Waals surface area contributed by atoms with Crippen LogP contribution in [0.5, 0.6) is 11.5 Å². The molecule has 0 fully saturated rings. The van der Waals surface area contributed by atoms with E-state index < -0.39 is 0 Å². The second kappa shape index (κ2) is 13.0. The van der Waals surface area contributed by atoms with E-state index in [1.54, 1.807) is 19.2 Å². The number of aryl methyl sites for hydroxylation is 1. The number of nitrogens with zero attached hydrogens (tertiary/aromatic N) is 2. The molecule has 6 nitrogen and oxygen atoms in total. The molecular weight excluding hydrogens is 486 g/mol. The molecule has 3 aromatic carbocycles. The second-order valence-electron chi connectivity index (χ2n) is 8.68. The largest absolute Gasteiger partial charge is 0.493 e. The number of fused-ring (bicyclic) bond motifs is 1. The molecular formula is C30H32ClN3O3. The van der Waals surface area contributed by atoms with Crippen LogP contribution < -0.4 is 14.8 Å². The first kappa shape index (κ1) is 26.3. The van der Waals surface area contributed by atoms with Crippen molar-refractivity contribution in [3.8, 4) is 11.5 Å². The summed E-state index contributed by atoms with van der Waals surface area (Å²) in [6, 6.07) is 21.4. The maximum absolute atomic E-state index is 12.4. The van der Waals surface area contributed by atoms with Gasteiger partial charge in [0.2, 0.25) is 5.91 Å². The standard InChI is InChI=1S/C30H32ClN3O3/c1-3-7-22-12-15-27(28(20-22)36-2)37-19-6-18-34-26-9-5-4-8-25(26)33-29(34)16-17-32-30(35)21-23-10-13-24(31)14-11-23/h3-5,7-15,20H,6,16-19,21H2,1-2H3,(H,32,35)/b7-3+. The number of carbonyl (C=O) groups excluding carboxylic acids is 1. The van der Waals surface area contributed by atoms with Gasteiger partial charge in [0.25, 0.3) is 0 Å². The average molecular weight is 518 g/mol. The molecule has 0 bridgehead atoms. The number of benzene rings is 3. The second-order valence-corrected chi connectivity index (χ2v) is 9.12. The SMILES string of the molecule is C/C=C/c1ccc(OCCCn2c(CCNC(=O)Cc3ccc(Cl)cc3)nc3ccccc32)c(OC)c1. The van der Waals surface area contributed by atoms with Crippen LogP contribution in [-0.4, -0.2) is 35.7 Å². The number of amides is 1. The number of para-hydroxylation sites is 2. The third-order valence-corrected chi connectivity index (χ3v) is 6.26. The first-order chi connectivity index (χ1) is 18.1. The molecule has 4 aromatic rings. The molecule has 0 saturated carbocycles. The number of carbonyl (C=O) groups is 1. The Morgan fingerprint density at radius 3 is 2.68 bits per heavy atom. The molecule has 0 aliphatic heterocycles. The lowest BCUT2D eigenvalue weighted by Gasteiger charge is -2.13.